The molecule has 100 valence electrons. The Bertz CT molecular complexity index is 543. The molecule has 0 bridgehead atoms. The highest BCUT2D eigenvalue weighted by atomic mass is 79.9. The quantitative estimate of drug-likeness (QED) is 0.847. The summed E-state index contributed by atoms with van der Waals surface area (Å²) in [5.74, 6) is -0.0487. The van der Waals surface area contributed by atoms with E-state index in [2.05, 4.69) is 26.0 Å². The molecule has 1 fully saturated rings. The van der Waals surface area contributed by atoms with E-state index in [4.69, 9.17) is 11.6 Å². The van der Waals surface area contributed by atoms with Gasteiger partial charge in [-0.25, -0.2) is 13.1 Å². The maximum Gasteiger partial charge on any atom is 0.250 e. The first-order chi connectivity index (χ1) is 8.38. The van der Waals surface area contributed by atoms with Crippen LogP contribution >= 0.6 is 38.9 Å². The van der Waals surface area contributed by atoms with Crippen molar-refractivity contribution in [2.24, 2.45) is 0 Å². The summed E-state index contributed by atoms with van der Waals surface area (Å²) in [6.45, 7) is 0.318. The topological polar surface area (TPSA) is 75.3 Å². The van der Waals surface area contributed by atoms with E-state index < -0.39 is 10.0 Å². The Hall–Kier alpha value is -0.150. The predicted octanol–water partition coefficient (Wildman–Crippen LogP) is 1.72. The van der Waals surface area contributed by atoms with Crippen LogP contribution in [0.3, 0.4) is 0 Å². The number of piperidine rings is 1. The van der Waals surface area contributed by atoms with Crippen LogP contribution in [-0.2, 0) is 14.8 Å². The molecular formula is C9H10BrClN2O3S2. The lowest BCUT2D eigenvalue weighted by Crippen LogP contribution is -2.47. The van der Waals surface area contributed by atoms with Crippen LogP contribution in [0.2, 0.25) is 5.02 Å². The number of carbonyl (C=O) groups is 1. The number of carbonyl (C=O) groups excluding carboxylic acids is 1. The van der Waals surface area contributed by atoms with Gasteiger partial charge in [-0.05, 0) is 28.4 Å². The minimum Gasteiger partial charge on any atom is -0.355 e. The molecule has 1 amide bonds. The molecule has 2 heterocycles. The van der Waals surface area contributed by atoms with Gasteiger partial charge >= 0.3 is 0 Å². The van der Waals surface area contributed by atoms with Gasteiger partial charge in [0, 0.05) is 19.0 Å². The van der Waals surface area contributed by atoms with Gasteiger partial charge in [-0.3, -0.25) is 4.79 Å². The summed E-state index contributed by atoms with van der Waals surface area (Å²) in [4.78, 5) is 11.0. The van der Waals surface area contributed by atoms with Gasteiger partial charge in [0.1, 0.15) is 4.21 Å². The molecule has 1 aliphatic rings. The molecule has 0 saturated carbocycles. The summed E-state index contributed by atoms with van der Waals surface area (Å²) in [6.07, 6.45) is 0.841. The molecule has 1 aromatic rings. The summed E-state index contributed by atoms with van der Waals surface area (Å²) >= 11 is 10.0. The van der Waals surface area contributed by atoms with Crippen LogP contribution in [0.25, 0.3) is 0 Å². The summed E-state index contributed by atoms with van der Waals surface area (Å²) in [7, 11) is -3.58. The van der Waals surface area contributed by atoms with Gasteiger partial charge in [0.05, 0.1) is 8.81 Å². The Morgan fingerprint density at radius 2 is 2.28 bits per heavy atom. The van der Waals surface area contributed by atoms with Crippen molar-refractivity contribution >= 4 is 54.8 Å². The number of hydrogen-bond donors (Lipinski definition) is 2. The third-order valence-electron chi connectivity index (χ3n) is 2.47. The molecule has 18 heavy (non-hydrogen) atoms. The van der Waals surface area contributed by atoms with Crippen molar-refractivity contribution in [3.8, 4) is 0 Å². The lowest BCUT2D eigenvalue weighted by atomic mass is 10.1. The van der Waals surface area contributed by atoms with E-state index in [-0.39, 0.29) is 16.2 Å². The third-order valence-corrected chi connectivity index (χ3v) is 6.94. The van der Waals surface area contributed by atoms with Gasteiger partial charge in [-0.2, -0.15) is 0 Å². The van der Waals surface area contributed by atoms with Crippen LogP contribution in [0, 0.1) is 0 Å². The van der Waals surface area contributed by atoms with Gasteiger partial charge < -0.3 is 5.32 Å². The van der Waals surface area contributed by atoms with Gasteiger partial charge in [0.15, 0.2) is 0 Å². The molecular weight excluding hydrogens is 364 g/mol. The third kappa shape index (κ3) is 3.24. The normalized spacial score (nSPS) is 20.8. The standard InChI is InChI=1S/C9H10BrClN2O3S2/c10-9-6(11)3-8(17-9)18(15,16)13-5-1-2-7(14)12-4-5/h3,5,13H,1-2,4H2,(H,12,14). The fraction of sp³-hybridized carbons (Fsp3) is 0.444. The molecule has 0 aliphatic carbocycles. The first kappa shape index (κ1) is 14.3. The van der Waals surface area contributed by atoms with E-state index in [1.807, 2.05) is 0 Å². The van der Waals surface area contributed by atoms with Gasteiger partial charge in [-0.1, -0.05) is 11.6 Å². The Morgan fingerprint density at radius 1 is 1.56 bits per heavy atom. The van der Waals surface area contributed by atoms with Crippen LogP contribution in [0.15, 0.2) is 14.1 Å². The largest absolute Gasteiger partial charge is 0.355 e. The van der Waals surface area contributed by atoms with Crippen molar-refractivity contribution in [1.82, 2.24) is 10.0 Å². The smallest absolute Gasteiger partial charge is 0.250 e. The number of nitrogens with one attached hydrogen (secondary N) is 2. The Labute approximate surface area is 122 Å². The highest BCUT2D eigenvalue weighted by Gasteiger charge is 2.25. The molecule has 0 aromatic carbocycles. The van der Waals surface area contributed by atoms with Crippen LogP contribution in [0.1, 0.15) is 12.8 Å². The lowest BCUT2D eigenvalue weighted by Gasteiger charge is -2.22. The van der Waals surface area contributed by atoms with Crippen molar-refractivity contribution in [3.05, 3.63) is 14.9 Å². The predicted molar refractivity (Wildman–Crippen MR) is 73.4 cm³/mol. The molecule has 2 N–H and O–H groups in total. The van der Waals surface area contributed by atoms with Crippen molar-refractivity contribution < 1.29 is 13.2 Å². The summed E-state index contributed by atoms with van der Waals surface area (Å²) < 4.78 is 27.4. The van der Waals surface area contributed by atoms with Crippen LogP contribution in [-0.4, -0.2) is 26.9 Å². The number of sulfonamides is 1. The molecule has 5 nitrogen and oxygen atoms in total. The van der Waals surface area contributed by atoms with E-state index in [0.29, 0.717) is 28.2 Å². The van der Waals surface area contributed by atoms with Gasteiger partial charge in [-0.15, -0.1) is 11.3 Å². The second-order valence-corrected chi connectivity index (χ2v) is 8.57. The Kier molecular flexibility index (Phi) is 4.32. The van der Waals surface area contributed by atoms with Crippen molar-refractivity contribution in [3.63, 3.8) is 0 Å². The second kappa shape index (κ2) is 5.46. The molecule has 0 spiro atoms. The zero-order valence-corrected chi connectivity index (χ0v) is 13.0. The number of hydrogen-bond acceptors (Lipinski definition) is 4. The summed E-state index contributed by atoms with van der Waals surface area (Å²) in [6, 6.07) is 1.13. The maximum absolute atomic E-state index is 12.1. The van der Waals surface area contributed by atoms with E-state index >= 15 is 0 Å². The Balaban J connectivity index is 2.10. The second-order valence-electron chi connectivity index (χ2n) is 3.85. The molecule has 9 heteroatoms. The molecule has 1 saturated heterocycles. The average Bonchev–Trinajstić information content (AvgIpc) is 2.63. The minimum absolute atomic E-state index is 0.0487. The minimum atomic E-state index is -3.58. The van der Waals surface area contributed by atoms with Gasteiger partial charge in [0.2, 0.25) is 15.9 Å². The van der Waals surface area contributed by atoms with Crippen LogP contribution < -0.4 is 10.0 Å². The monoisotopic (exact) mass is 372 g/mol. The number of rotatable bonds is 3. The van der Waals surface area contributed by atoms with E-state index in [1.54, 1.807) is 0 Å². The van der Waals surface area contributed by atoms with Crippen LogP contribution in [0.4, 0.5) is 0 Å². The molecule has 0 radical (unpaired) electrons. The maximum atomic E-state index is 12.1. The molecule has 2 rings (SSSR count). The highest BCUT2D eigenvalue weighted by molar-refractivity contribution is 9.11. The van der Waals surface area contributed by atoms with E-state index in [0.717, 1.165) is 11.3 Å². The number of amides is 1. The van der Waals surface area contributed by atoms with Crippen molar-refractivity contribution in [2.75, 3.05) is 6.54 Å². The van der Waals surface area contributed by atoms with Crippen LogP contribution in [0.5, 0.6) is 0 Å². The summed E-state index contributed by atoms with van der Waals surface area (Å²) in [5.41, 5.74) is 0. The zero-order valence-electron chi connectivity index (χ0n) is 9.07. The molecule has 1 aliphatic heterocycles. The molecule has 1 unspecified atom stereocenters. The lowest BCUT2D eigenvalue weighted by molar-refractivity contribution is -0.122. The summed E-state index contributed by atoms with van der Waals surface area (Å²) in [5, 5.41) is 3.00. The first-order valence-corrected chi connectivity index (χ1v) is 8.59. The first-order valence-electron chi connectivity index (χ1n) is 5.12. The average molecular weight is 374 g/mol. The van der Waals surface area contributed by atoms with Crippen molar-refractivity contribution in [1.29, 1.82) is 0 Å². The highest BCUT2D eigenvalue weighted by Crippen LogP contribution is 2.34. The SMILES string of the molecule is O=C1CCC(NS(=O)(=O)c2cc(Cl)c(Br)s2)CN1. The van der Waals surface area contributed by atoms with Crippen molar-refractivity contribution in [2.45, 2.75) is 23.1 Å². The van der Waals surface area contributed by atoms with E-state index in [1.165, 1.54) is 6.07 Å². The zero-order chi connectivity index (χ0) is 13.3. The fourth-order valence-corrected chi connectivity index (χ4v) is 5.26. The number of halogens is 2. The molecule has 1 atom stereocenters. The number of thiophene rings is 1. The molecule has 1 aromatic heterocycles. The Morgan fingerprint density at radius 3 is 2.78 bits per heavy atom. The van der Waals surface area contributed by atoms with Gasteiger partial charge in [0.25, 0.3) is 0 Å². The van der Waals surface area contributed by atoms with E-state index in [9.17, 15) is 13.2 Å². The fourth-order valence-electron chi connectivity index (χ4n) is 1.57.